The van der Waals surface area contributed by atoms with Gasteiger partial charge in [0.05, 0.1) is 13.0 Å². The molecule has 17 heavy (non-hydrogen) atoms. The van der Waals surface area contributed by atoms with Gasteiger partial charge in [-0.2, -0.15) is 13.2 Å². The van der Waals surface area contributed by atoms with E-state index in [1.165, 1.54) is 0 Å². The molecule has 6 heteroatoms. The largest absolute Gasteiger partial charge is 0.432 e. The molecule has 0 radical (unpaired) electrons. The third-order valence-electron chi connectivity index (χ3n) is 2.60. The summed E-state index contributed by atoms with van der Waals surface area (Å²) in [6.45, 7) is 4.01. The van der Waals surface area contributed by atoms with Crippen LogP contribution in [0.3, 0.4) is 0 Å². The molecule has 0 fully saturated rings. The summed E-state index contributed by atoms with van der Waals surface area (Å²) in [5.74, 6) is 0. The van der Waals surface area contributed by atoms with Gasteiger partial charge in [-0.05, 0) is 25.1 Å². The number of halogens is 3. The fourth-order valence-corrected chi connectivity index (χ4v) is 3.80. The predicted octanol–water partition coefficient (Wildman–Crippen LogP) is 3.71. The maximum absolute atomic E-state index is 11.8. The minimum absolute atomic E-state index is 0.276. The van der Waals surface area contributed by atoms with Gasteiger partial charge in [-0.1, -0.05) is 19.8 Å². The molecule has 0 aliphatic carbocycles. The van der Waals surface area contributed by atoms with Gasteiger partial charge in [-0.25, -0.2) is 0 Å². The second kappa shape index (κ2) is 8.10. The molecular weight excluding hydrogens is 249 g/mol. The van der Waals surface area contributed by atoms with E-state index in [1.807, 2.05) is 6.55 Å². The van der Waals surface area contributed by atoms with Crippen LogP contribution in [-0.4, -0.2) is 32.5 Å². The van der Waals surface area contributed by atoms with E-state index in [0.29, 0.717) is 19.1 Å². The maximum atomic E-state index is 11.8. The lowest BCUT2D eigenvalue weighted by Crippen LogP contribution is -2.29. The van der Waals surface area contributed by atoms with Crippen molar-refractivity contribution in [3.63, 3.8) is 0 Å². The Hall–Kier alpha value is -0.0731. The Morgan fingerprint density at radius 2 is 1.71 bits per heavy atom. The van der Waals surface area contributed by atoms with E-state index in [0.717, 1.165) is 18.9 Å². The van der Waals surface area contributed by atoms with Crippen LogP contribution in [0.1, 0.15) is 32.6 Å². The zero-order valence-corrected chi connectivity index (χ0v) is 11.6. The molecule has 0 bridgehead atoms. The van der Waals surface area contributed by atoms with Gasteiger partial charge in [0.2, 0.25) is 0 Å². The van der Waals surface area contributed by atoms with Crippen LogP contribution < -0.4 is 0 Å². The first-order valence-corrected chi connectivity index (χ1v) is 9.00. The van der Waals surface area contributed by atoms with Gasteiger partial charge in [0.25, 0.3) is 0 Å². The highest BCUT2D eigenvalue weighted by molar-refractivity contribution is 6.71. The summed E-state index contributed by atoms with van der Waals surface area (Å²) >= 11 is 0. The van der Waals surface area contributed by atoms with Gasteiger partial charge in [-0.15, -0.1) is 0 Å². The molecule has 0 aliphatic rings. The fraction of sp³-hybridized carbons (Fsp3) is 1.00. The number of rotatable bonds is 9. The number of hydrogen-bond donors (Lipinski definition) is 1. The summed E-state index contributed by atoms with van der Waals surface area (Å²) in [7, 11) is -2.12. The van der Waals surface area contributed by atoms with Crippen LogP contribution in [0.25, 0.3) is 0 Å². The third-order valence-corrected chi connectivity index (χ3v) is 5.46. The Morgan fingerprint density at radius 1 is 1.12 bits per heavy atom. The standard InChI is InChI=1S/C11H23F3O2Si/c1-3-4-9-17(2,15)10-5-7-16-8-6-11(12,13)14/h15H,3-10H2,1-2H3. The van der Waals surface area contributed by atoms with Crippen LogP contribution in [0, 0.1) is 0 Å². The lowest BCUT2D eigenvalue weighted by molar-refractivity contribution is -0.145. The van der Waals surface area contributed by atoms with E-state index in [1.54, 1.807) is 0 Å². The van der Waals surface area contributed by atoms with Crippen molar-refractivity contribution < 1.29 is 22.7 Å². The molecule has 0 amide bonds. The van der Waals surface area contributed by atoms with Crippen LogP contribution in [-0.2, 0) is 4.74 Å². The highest BCUT2D eigenvalue weighted by Crippen LogP contribution is 2.20. The molecule has 0 spiro atoms. The van der Waals surface area contributed by atoms with E-state index in [-0.39, 0.29) is 6.61 Å². The van der Waals surface area contributed by atoms with E-state index in [9.17, 15) is 18.0 Å². The SMILES string of the molecule is CCCC[Si](C)(O)CCCOCCC(F)(F)F. The fourth-order valence-electron chi connectivity index (χ4n) is 1.53. The van der Waals surface area contributed by atoms with Crippen molar-refractivity contribution >= 4 is 8.32 Å². The van der Waals surface area contributed by atoms with Crippen LogP contribution in [0.15, 0.2) is 0 Å². The van der Waals surface area contributed by atoms with Crippen LogP contribution in [0.4, 0.5) is 13.2 Å². The minimum Gasteiger partial charge on any atom is -0.432 e. The Labute approximate surface area is 102 Å². The van der Waals surface area contributed by atoms with E-state index in [4.69, 9.17) is 4.74 Å². The summed E-state index contributed by atoms with van der Waals surface area (Å²) in [5, 5.41) is 0. The van der Waals surface area contributed by atoms with Gasteiger partial charge < -0.3 is 9.53 Å². The zero-order chi connectivity index (χ0) is 13.4. The second-order valence-corrected chi connectivity index (χ2v) is 8.68. The second-order valence-electron chi connectivity index (χ2n) is 4.68. The first-order chi connectivity index (χ1) is 7.77. The molecule has 1 unspecified atom stereocenters. The number of ether oxygens (including phenoxy) is 1. The molecule has 0 aliphatic heterocycles. The molecule has 0 heterocycles. The monoisotopic (exact) mass is 272 g/mol. The lowest BCUT2D eigenvalue weighted by Gasteiger charge is -2.19. The van der Waals surface area contributed by atoms with Crippen molar-refractivity contribution in [1.82, 2.24) is 0 Å². The first-order valence-electron chi connectivity index (χ1n) is 6.14. The third kappa shape index (κ3) is 12.2. The van der Waals surface area contributed by atoms with Crippen molar-refractivity contribution in [3.05, 3.63) is 0 Å². The molecule has 1 N–H and O–H groups in total. The predicted molar refractivity (Wildman–Crippen MR) is 64.5 cm³/mol. The van der Waals surface area contributed by atoms with E-state index >= 15 is 0 Å². The first kappa shape index (κ1) is 16.9. The van der Waals surface area contributed by atoms with Crippen molar-refractivity contribution in [3.8, 4) is 0 Å². The van der Waals surface area contributed by atoms with Crippen molar-refractivity contribution in [2.75, 3.05) is 13.2 Å². The smallest absolute Gasteiger partial charge is 0.391 e. The summed E-state index contributed by atoms with van der Waals surface area (Å²) in [5.41, 5.74) is 0. The van der Waals surface area contributed by atoms with Crippen molar-refractivity contribution in [2.45, 2.75) is 57.4 Å². The summed E-state index contributed by atoms with van der Waals surface area (Å²) in [6.07, 6.45) is -2.29. The van der Waals surface area contributed by atoms with Gasteiger partial charge in [-0.3, -0.25) is 0 Å². The molecule has 0 aromatic carbocycles. The van der Waals surface area contributed by atoms with E-state index < -0.39 is 20.9 Å². The molecule has 0 rings (SSSR count). The molecule has 0 aromatic heterocycles. The number of hydrogen-bond acceptors (Lipinski definition) is 2. The normalized spacial score (nSPS) is 15.9. The molecule has 104 valence electrons. The van der Waals surface area contributed by atoms with Crippen LogP contribution in [0.5, 0.6) is 0 Å². The van der Waals surface area contributed by atoms with Gasteiger partial charge in [0, 0.05) is 6.61 Å². The van der Waals surface area contributed by atoms with Crippen LogP contribution >= 0.6 is 0 Å². The molecular formula is C11H23F3O2Si. The highest BCUT2D eigenvalue weighted by Gasteiger charge is 2.26. The van der Waals surface area contributed by atoms with Crippen LogP contribution in [0.2, 0.25) is 18.6 Å². The Morgan fingerprint density at radius 3 is 2.24 bits per heavy atom. The quantitative estimate of drug-likeness (QED) is 0.512. The Kier molecular flexibility index (Phi) is 8.07. The molecule has 2 nitrogen and oxygen atoms in total. The molecule has 1 atom stereocenters. The molecule has 0 saturated heterocycles. The molecule has 0 saturated carbocycles. The van der Waals surface area contributed by atoms with Gasteiger partial charge in [0.1, 0.15) is 0 Å². The van der Waals surface area contributed by atoms with Crippen molar-refractivity contribution in [1.29, 1.82) is 0 Å². The van der Waals surface area contributed by atoms with Gasteiger partial charge in [0.15, 0.2) is 8.32 Å². The minimum atomic E-state index is -4.14. The highest BCUT2D eigenvalue weighted by atomic mass is 28.4. The average Bonchev–Trinajstić information content (AvgIpc) is 2.19. The number of unbranched alkanes of at least 4 members (excludes halogenated alkanes) is 1. The zero-order valence-electron chi connectivity index (χ0n) is 10.6. The Balaban J connectivity index is 3.44. The molecule has 0 aromatic rings. The summed E-state index contributed by atoms with van der Waals surface area (Å²) < 4.78 is 40.2. The van der Waals surface area contributed by atoms with Crippen molar-refractivity contribution in [2.24, 2.45) is 0 Å². The topological polar surface area (TPSA) is 29.5 Å². The van der Waals surface area contributed by atoms with E-state index in [2.05, 4.69) is 6.92 Å². The maximum Gasteiger partial charge on any atom is 0.391 e. The lowest BCUT2D eigenvalue weighted by atomic mass is 10.4. The number of alkyl halides is 3. The summed E-state index contributed by atoms with van der Waals surface area (Å²) in [6, 6.07) is 1.57. The average molecular weight is 272 g/mol. The summed E-state index contributed by atoms with van der Waals surface area (Å²) in [4.78, 5) is 10.0. The van der Waals surface area contributed by atoms with Gasteiger partial charge >= 0.3 is 6.18 Å². The Bertz CT molecular complexity index is 196.